The van der Waals surface area contributed by atoms with Gasteiger partial charge in [-0.05, 0) is 54.5 Å². The van der Waals surface area contributed by atoms with Gasteiger partial charge in [0.25, 0.3) is 11.6 Å². The van der Waals surface area contributed by atoms with Crippen LogP contribution in [0.2, 0.25) is 0 Å². The summed E-state index contributed by atoms with van der Waals surface area (Å²) in [4.78, 5) is 23.3. The summed E-state index contributed by atoms with van der Waals surface area (Å²) in [5.41, 5.74) is 1.14. The van der Waals surface area contributed by atoms with Crippen LogP contribution in [-0.4, -0.2) is 24.5 Å². The highest BCUT2D eigenvalue weighted by Crippen LogP contribution is 2.31. The first-order valence-corrected chi connectivity index (χ1v) is 11.5. The molecule has 0 saturated carbocycles. The summed E-state index contributed by atoms with van der Waals surface area (Å²) in [6, 6.07) is 18.4. The van der Waals surface area contributed by atoms with E-state index < -0.39 is 10.8 Å². The smallest absolute Gasteiger partial charge is 0.271 e. The van der Waals surface area contributed by atoms with E-state index in [-0.39, 0.29) is 22.7 Å². The van der Waals surface area contributed by atoms with Crippen molar-refractivity contribution in [2.75, 3.05) is 19.0 Å². The number of halogens is 1. The predicted octanol–water partition coefficient (Wildman–Crippen LogP) is 5.89. The van der Waals surface area contributed by atoms with Crippen LogP contribution in [0.15, 0.2) is 70.7 Å². The molecule has 3 aromatic carbocycles. The SMILES string of the molecule is CCOc1cc(/C=C(\C#N)C(=O)Nc2cc([N+](=O)[O-])ccc2OC)ccc1OCc1ccc(Br)cc1. The van der Waals surface area contributed by atoms with E-state index in [1.165, 1.54) is 25.3 Å². The summed E-state index contributed by atoms with van der Waals surface area (Å²) in [5, 5.41) is 23.2. The van der Waals surface area contributed by atoms with Gasteiger partial charge in [-0.25, -0.2) is 0 Å². The monoisotopic (exact) mass is 551 g/mol. The van der Waals surface area contributed by atoms with Gasteiger partial charge >= 0.3 is 0 Å². The number of nitro groups is 1. The van der Waals surface area contributed by atoms with Crippen LogP contribution in [0, 0.1) is 21.4 Å². The maximum Gasteiger partial charge on any atom is 0.271 e. The van der Waals surface area contributed by atoms with Crippen molar-refractivity contribution < 1.29 is 23.9 Å². The highest BCUT2D eigenvalue weighted by molar-refractivity contribution is 9.10. The number of hydrogen-bond donors (Lipinski definition) is 1. The van der Waals surface area contributed by atoms with Gasteiger partial charge in [-0.3, -0.25) is 14.9 Å². The average molecular weight is 552 g/mol. The van der Waals surface area contributed by atoms with E-state index in [1.807, 2.05) is 37.3 Å². The molecule has 9 nitrogen and oxygen atoms in total. The molecular formula is C26H22BrN3O6. The zero-order chi connectivity index (χ0) is 26.1. The van der Waals surface area contributed by atoms with Gasteiger partial charge in [0.1, 0.15) is 24.0 Å². The molecular weight excluding hydrogens is 530 g/mol. The van der Waals surface area contributed by atoms with Crippen molar-refractivity contribution >= 4 is 39.3 Å². The third kappa shape index (κ3) is 6.84. The Hall–Kier alpha value is -4.36. The Kier molecular flexibility index (Phi) is 9.02. The summed E-state index contributed by atoms with van der Waals surface area (Å²) in [7, 11) is 1.37. The van der Waals surface area contributed by atoms with Gasteiger partial charge in [0, 0.05) is 16.6 Å². The highest BCUT2D eigenvalue weighted by atomic mass is 79.9. The van der Waals surface area contributed by atoms with E-state index >= 15 is 0 Å². The fourth-order valence-corrected chi connectivity index (χ4v) is 3.42. The molecule has 0 aliphatic rings. The number of nitrogens with zero attached hydrogens (tertiary/aromatic N) is 2. The zero-order valence-electron chi connectivity index (χ0n) is 19.5. The molecule has 0 fully saturated rings. The summed E-state index contributed by atoms with van der Waals surface area (Å²) >= 11 is 3.40. The van der Waals surface area contributed by atoms with Crippen LogP contribution in [0.5, 0.6) is 17.2 Å². The molecule has 0 aliphatic carbocycles. The lowest BCUT2D eigenvalue weighted by Crippen LogP contribution is -2.14. The van der Waals surface area contributed by atoms with Gasteiger partial charge in [-0.1, -0.05) is 34.1 Å². The molecule has 0 heterocycles. The number of non-ortho nitro benzene ring substituents is 1. The Morgan fingerprint density at radius 2 is 1.81 bits per heavy atom. The lowest BCUT2D eigenvalue weighted by Gasteiger charge is -2.13. The fourth-order valence-electron chi connectivity index (χ4n) is 3.16. The van der Waals surface area contributed by atoms with Crippen LogP contribution >= 0.6 is 15.9 Å². The van der Waals surface area contributed by atoms with Crippen LogP contribution in [0.25, 0.3) is 6.08 Å². The van der Waals surface area contributed by atoms with E-state index in [4.69, 9.17) is 14.2 Å². The molecule has 0 aromatic heterocycles. The van der Waals surface area contributed by atoms with Gasteiger partial charge in [0.05, 0.1) is 24.3 Å². The van der Waals surface area contributed by atoms with Crippen LogP contribution in [0.1, 0.15) is 18.1 Å². The number of nitriles is 1. The first-order valence-electron chi connectivity index (χ1n) is 10.7. The van der Waals surface area contributed by atoms with Crippen molar-refractivity contribution in [1.82, 2.24) is 0 Å². The molecule has 10 heteroatoms. The largest absolute Gasteiger partial charge is 0.495 e. The molecule has 1 N–H and O–H groups in total. The first-order chi connectivity index (χ1) is 17.3. The van der Waals surface area contributed by atoms with Gasteiger partial charge < -0.3 is 19.5 Å². The molecule has 3 rings (SSSR count). The van der Waals surface area contributed by atoms with Gasteiger partial charge in [0.15, 0.2) is 11.5 Å². The van der Waals surface area contributed by atoms with Crippen molar-refractivity contribution in [2.45, 2.75) is 13.5 Å². The number of nitrogens with one attached hydrogen (secondary N) is 1. The quantitative estimate of drug-likeness (QED) is 0.144. The van der Waals surface area contributed by atoms with Crippen molar-refractivity contribution in [2.24, 2.45) is 0 Å². The normalized spacial score (nSPS) is 10.8. The van der Waals surface area contributed by atoms with Crippen molar-refractivity contribution in [3.05, 3.63) is 92.0 Å². The number of anilines is 1. The van der Waals surface area contributed by atoms with E-state index in [2.05, 4.69) is 21.2 Å². The van der Waals surface area contributed by atoms with E-state index in [1.54, 1.807) is 18.2 Å². The zero-order valence-corrected chi connectivity index (χ0v) is 21.1. The Labute approximate surface area is 216 Å². The molecule has 0 unspecified atom stereocenters. The minimum absolute atomic E-state index is 0.0737. The second kappa shape index (κ2) is 12.4. The van der Waals surface area contributed by atoms with Crippen LogP contribution < -0.4 is 19.5 Å². The molecule has 0 radical (unpaired) electrons. The van der Waals surface area contributed by atoms with E-state index in [0.29, 0.717) is 30.3 Å². The Morgan fingerprint density at radius 1 is 1.08 bits per heavy atom. The molecule has 3 aromatic rings. The van der Waals surface area contributed by atoms with E-state index in [9.17, 15) is 20.2 Å². The lowest BCUT2D eigenvalue weighted by atomic mass is 10.1. The maximum absolute atomic E-state index is 12.8. The Bertz CT molecular complexity index is 1330. The Morgan fingerprint density at radius 3 is 2.44 bits per heavy atom. The minimum atomic E-state index is -0.746. The standard InChI is InChI=1S/C26H22BrN3O6/c1-3-35-25-13-18(6-10-24(25)36-16-17-4-7-20(27)8-5-17)12-19(15-28)26(31)29-22-14-21(30(32)33)9-11-23(22)34-2/h4-14H,3,16H2,1-2H3,(H,29,31)/b19-12+. The second-order valence-corrected chi connectivity index (χ2v) is 8.24. The number of benzene rings is 3. The third-order valence-electron chi connectivity index (χ3n) is 4.89. The number of amides is 1. The molecule has 0 bridgehead atoms. The second-order valence-electron chi connectivity index (χ2n) is 7.32. The van der Waals surface area contributed by atoms with Crippen LogP contribution in [0.3, 0.4) is 0 Å². The molecule has 0 aliphatic heterocycles. The van der Waals surface area contributed by atoms with Crippen molar-refractivity contribution in [3.8, 4) is 23.3 Å². The number of methoxy groups -OCH3 is 1. The van der Waals surface area contributed by atoms with Gasteiger partial charge in [0.2, 0.25) is 0 Å². The predicted molar refractivity (Wildman–Crippen MR) is 138 cm³/mol. The van der Waals surface area contributed by atoms with Gasteiger partial charge in [-0.15, -0.1) is 0 Å². The maximum atomic E-state index is 12.8. The van der Waals surface area contributed by atoms with Crippen molar-refractivity contribution in [3.63, 3.8) is 0 Å². The Balaban J connectivity index is 1.82. The molecule has 1 amide bonds. The third-order valence-corrected chi connectivity index (χ3v) is 5.42. The molecule has 36 heavy (non-hydrogen) atoms. The minimum Gasteiger partial charge on any atom is -0.495 e. The summed E-state index contributed by atoms with van der Waals surface area (Å²) in [6.07, 6.45) is 1.39. The first kappa shape index (κ1) is 26.2. The number of hydrogen-bond acceptors (Lipinski definition) is 7. The van der Waals surface area contributed by atoms with Gasteiger partial charge in [-0.2, -0.15) is 5.26 Å². The fraction of sp³-hybridized carbons (Fsp3) is 0.154. The summed E-state index contributed by atoms with van der Waals surface area (Å²) in [6.45, 7) is 2.56. The lowest BCUT2D eigenvalue weighted by molar-refractivity contribution is -0.384. The molecule has 0 saturated heterocycles. The van der Waals surface area contributed by atoms with Crippen molar-refractivity contribution in [1.29, 1.82) is 5.26 Å². The number of nitro benzene ring substituents is 1. The topological polar surface area (TPSA) is 124 Å². The molecule has 0 spiro atoms. The number of ether oxygens (including phenoxy) is 3. The molecule has 184 valence electrons. The summed E-state index contributed by atoms with van der Waals surface area (Å²) in [5.74, 6) is 0.449. The van der Waals surface area contributed by atoms with Crippen LogP contribution in [0.4, 0.5) is 11.4 Å². The van der Waals surface area contributed by atoms with E-state index in [0.717, 1.165) is 16.1 Å². The molecule has 0 atom stereocenters. The number of rotatable bonds is 10. The average Bonchev–Trinajstić information content (AvgIpc) is 2.87. The number of carbonyl (C=O) groups excluding carboxylic acids is 1. The summed E-state index contributed by atoms with van der Waals surface area (Å²) < 4.78 is 17.7. The van der Waals surface area contributed by atoms with Crippen LogP contribution in [-0.2, 0) is 11.4 Å². The highest BCUT2D eigenvalue weighted by Gasteiger charge is 2.17. The number of carbonyl (C=O) groups is 1.